The van der Waals surface area contributed by atoms with Gasteiger partial charge in [-0.3, -0.25) is 0 Å². The van der Waals surface area contributed by atoms with Gasteiger partial charge in [0, 0.05) is 11.8 Å². The fraction of sp³-hybridized carbons (Fsp3) is 0. The lowest BCUT2D eigenvalue weighted by Gasteiger charge is -1.93. The summed E-state index contributed by atoms with van der Waals surface area (Å²) in [5.41, 5.74) is 1.24. The van der Waals surface area contributed by atoms with Crippen LogP contribution >= 0.6 is 11.3 Å². The molecule has 0 radical (unpaired) electrons. The van der Waals surface area contributed by atoms with Gasteiger partial charge in [-0.2, -0.15) is 5.26 Å². The number of nitriles is 1. The highest BCUT2D eigenvalue weighted by atomic mass is 32.1. The molecule has 2 rings (SSSR count). The minimum Gasteiger partial charge on any atom is -0.514 e. The Morgan fingerprint density at radius 1 is 1.38 bits per heavy atom. The molecule has 0 amide bonds. The first-order valence-corrected chi connectivity index (χ1v) is 5.43. The van der Waals surface area contributed by atoms with E-state index in [2.05, 4.69) is 4.98 Å². The molecule has 0 fully saturated rings. The molecule has 0 spiro atoms. The van der Waals surface area contributed by atoms with E-state index >= 15 is 0 Å². The van der Waals surface area contributed by atoms with Gasteiger partial charge in [-0.25, -0.2) is 4.98 Å². The molecule has 0 atom stereocenters. The third-order valence-corrected chi connectivity index (χ3v) is 3.12. The van der Waals surface area contributed by atoms with E-state index < -0.39 is 0 Å². The number of benzene rings is 1. The summed E-state index contributed by atoms with van der Waals surface area (Å²) >= 11 is 1.38. The van der Waals surface area contributed by atoms with Gasteiger partial charge in [0.05, 0.1) is 11.1 Å². The van der Waals surface area contributed by atoms with Gasteiger partial charge in [-0.1, -0.05) is 30.3 Å². The summed E-state index contributed by atoms with van der Waals surface area (Å²) < 4.78 is 0. The molecular weight excluding hydrogens is 220 g/mol. The SMILES string of the molecule is N#CC(=CO)c1cnc(-c2ccccc2)s1. The molecule has 0 aliphatic heterocycles. The van der Waals surface area contributed by atoms with Gasteiger partial charge in [0.1, 0.15) is 16.6 Å². The fourth-order valence-corrected chi connectivity index (χ4v) is 2.14. The first-order chi connectivity index (χ1) is 7.85. The van der Waals surface area contributed by atoms with E-state index in [0.717, 1.165) is 16.8 Å². The Balaban J connectivity index is 2.38. The van der Waals surface area contributed by atoms with E-state index in [-0.39, 0.29) is 5.57 Å². The number of hydrogen-bond acceptors (Lipinski definition) is 4. The number of nitrogens with zero attached hydrogens (tertiary/aromatic N) is 2. The Hall–Kier alpha value is -2.12. The van der Waals surface area contributed by atoms with Crippen LogP contribution in [0.4, 0.5) is 0 Å². The Morgan fingerprint density at radius 3 is 2.75 bits per heavy atom. The summed E-state index contributed by atoms with van der Waals surface area (Å²) in [6.45, 7) is 0. The standard InChI is InChI=1S/C12H8N2OS/c13-6-10(8-15)11-7-14-12(16-11)9-4-2-1-3-5-9/h1-5,7-8,15H. The van der Waals surface area contributed by atoms with Crippen LogP contribution in [0.15, 0.2) is 42.8 Å². The average Bonchev–Trinajstić information content (AvgIpc) is 2.81. The van der Waals surface area contributed by atoms with Crippen LogP contribution in [0.1, 0.15) is 4.88 Å². The molecule has 78 valence electrons. The number of aromatic nitrogens is 1. The molecule has 0 unspecified atom stereocenters. The van der Waals surface area contributed by atoms with Crippen molar-refractivity contribution in [3.8, 4) is 16.6 Å². The largest absolute Gasteiger partial charge is 0.514 e. The van der Waals surface area contributed by atoms with Gasteiger partial charge < -0.3 is 5.11 Å². The molecule has 0 saturated heterocycles. The van der Waals surface area contributed by atoms with Crippen molar-refractivity contribution in [1.29, 1.82) is 5.26 Å². The van der Waals surface area contributed by atoms with Crippen LogP contribution < -0.4 is 0 Å². The topological polar surface area (TPSA) is 56.9 Å². The van der Waals surface area contributed by atoms with Crippen molar-refractivity contribution in [3.63, 3.8) is 0 Å². The molecule has 0 aliphatic rings. The van der Waals surface area contributed by atoms with Crippen molar-refractivity contribution in [3.05, 3.63) is 47.7 Å². The van der Waals surface area contributed by atoms with Crippen molar-refractivity contribution in [2.75, 3.05) is 0 Å². The molecule has 1 aromatic carbocycles. The maximum atomic E-state index is 8.85. The van der Waals surface area contributed by atoms with Crippen LogP contribution in [0.25, 0.3) is 16.1 Å². The molecule has 1 aromatic heterocycles. The molecule has 1 heterocycles. The molecule has 16 heavy (non-hydrogen) atoms. The summed E-state index contributed by atoms with van der Waals surface area (Å²) in [4.78, 5) is 4.89. The van der Waals surface area contributed by atoms with Gasteiger partial charge in [0.25, 0.3) is 0 Å². The second kappa shape index (κ2) is 4.60. The zero-order valence-electron chi connectivity index (χ0n) is 8.29. The van der Waals surface area contributed by atoms with Crippen molar-refractivity contribution >= 4 is 16.9 Å². The van der Waals surface area contributed by atoms with E-state index in [1.165, 1.54) is 11.3 Å². The maximum absolute atomic E-state index is 8.85. The van der Waals surface area contributed by atoms with Crippen molar-refractivity contribution in [2.45, 2.75) is 0 Å². The highest BCUT2D eigenvalue weighted by Crippen LogP contribution is 2.28. The van der Waals surface area contributed by atoms with E-state index in [1.54, 1.807) is 6.20 Å². The fourth-order valence-electron chi connectivity index (χ4n) is 1.26. The second-order valence-corrected chi connectivity index (χ2v) is 4.08. The van der Waals surface area contributed by atoms with E-state index in [4.69, 9.17) is 10.4 Å². The third kappa shape index (κ3) is 1.95. The highest BCUT2D eigenvalue weighted by molar-refractivity contribution is 7.16. The Labute approximate surface area is 96.9 Å². The van der Waals surface area contributed by atoms with Gasteiger partial charge in [0.15, 0.2) is 0 Å². The maximum Gasteiger partial charge on any atom is 0.123 e. The summed E-state index contributed by atoms with van der Waals surface area (Å²) in [7, 11) is 0. The van der Waals surface area contributed by atoms with Crippen LogP contribution in [-0.4, -0.2) is 10.1 Å². The van der Waals surface area contributed by atoms with Crippen molar-refractivity contribution in [1.82, 2.24) is 4.98 Å². The minimum atomic E-state index is 0.236. The third-order valence-electron chi connectivity index (χ3n) is 2.04. The number of thiazole rings is 1. The predicted octanol–water partition coefficient (Wildman–Crippen LogP) is 3.23. The Bertz CT molecular complexity index is 552. The first-order valence-electron chi connectivity index (χ1n) is 4.61. The van der Waals surface area contributed by atoms with Gasteiger partial charge in [-0.05, 0) is 0 Å². The number of aliphatic hydroxyl groups is 1. The molecule has 0 bridgehead atoms. The van der Waals surface area contributed by atoms with E-state index in [1.807, 2.05) is 36.4 Å². The molecule has 2 aromatic rings. The van der Waals surface area contributed by atoms with Crippen molar-refractivity contribution in [2.24, 2.45) is 0 Å². The Morgan fingerprint density at radius 2 is 2.12 bits per heavy atom. The highest BCUT2D eigenvalue weighted by Gasteiger charge is 2.07. The van der Waals surface area contributed by atoms with Gasteiger partial charge in [0.2, 0.25) is 0 Å². The summed E-state index contributed by atoms with van der Waals surface area (Å²) in [5.74, 6) is 0. The van der Waals surface area contributed by atoms with Crippen LogP contribution in [0.2, 0.25) is 0 Å². The molecular formula is C12H8N2OS. The lowest BCUT2D eigenvalue weighted by molar-refractivity contribution is 0.476. The van der Waals surface area contributed by atoms with Gasteiger partial charge >= 0.3 is 0 Å². The van der Waals surface area contributed by atoms with Crippen molar-refractivity contribution < 1.29 is 5.11 Å². The smallest absolute Gasteiger partial charge is 0.123 e. The normalized spacial score (nSPS) is 11.1. The van der Waals surface area contributed by atoms with Gasteiger partial charge in [-0.15, -0.1) is 11.3 Å². The molecule has 0 aliphatic carbocycles. The monoisotopic (exact) mass is 228 g/mol. The number of aliphatic hydroxyl groups excluding tert-OH is 1. The van der Waals surface area contributed by atoms with E-state index in [0.29, 0.717) is 4.88 Å². The van der Waals surface area contributed by atoms with Crippen LogP contribution in [0.5, 0.6) is 0 Å². The summed E-state index contributed by atoms with van der Waals surface area (Å²) in [5, 5.41) is 18.5. The van der Waals surface area contributed by atoms with Crippen LogP contribution in [-0.2, 0) is 0 Å². The van der Waals surface area contributed by atoms with E-state index in [9.17, 15) is 0 Å². The number of allylic oxidation sites excluding steroid dienone is 1. The second-order valence-electron chi connectivity index (χ2n) is 3.05. The lowest BCUT2D eigenvalue weighted by atomic mass is 10.2. The Kier molecular flexibility index (Phi) is 2.99. The van der Waals surface area contributed by atoms with Crippen LogP contribution in [0, 0.1) is 11.3 Å². The molecule has 1 N–H and O–H groups in total. The lowest BCUT2D eigenvalue weighted by Crippen LogP contribution is -1.72. The minimum absolute atomic E-state index is 0.236. The molecule has 0 saturated carbocycles. The molecule has 3 nitrogen and oxygen atoms in total. The quantitative estimate of drug-likeness (QED) is 0.634. The predicted molar refractivity (Wildman–Crippen MR) is 63.8 cm³/mol. The summed E-state index contributed by atoms with van der Waals surface area (Å²) in [6, 6.07) is 11.6. The average molecular weight is 228 g/mol. The number of hydrogen-bond donors (Lipinski definition) is 1. The zero-order valence-corrected chi connectivity index (χ0v) is 9.11. The number of rotatable bonds is 2. The molecule has 4 heteroatoms. The summed E-state index contributed by atoms with van der Waals surface area (Å²) in [6.07, 6.45) is 2.40. The van der Waals surface area contributed by atoms with Crippen LogP contribution in [0.3, 0.4) is 0 Å². The zero-order chi connectivity index (χ0) is 11.4. The first kappa shape index (κ1) is 10.4.